The minimum atomic E-state index is -3.92. The van der Waals surface area contributed by atoms with Gasteiger partial charge in [-0.3, -0.25) is 0 Å². The van der Waals surface area contributed by atoms with Crippen LogP contribution in [0.5, 0.6) is 11.5 Å². The normalized spacial score (nSPS) is 11.2. The molecule has 8 heteroatoms. The summed E-state index contributed by atoms with van der Waals surface area (Å²) in [5.74, 6) is 1.55. The highest BCUT2D eigenvalue weighted by Crippen LogP contribution is 2.34. The molecule has 3 aromatic carbocycles. The molecule has 0 bridgehead atoms. The predicted molar refractivity (Wildman–Crippen MR) is 117 cm³/mol. The molecule has 0 saturated heterocycles. The van der Waals surface area contributed by atoms with Gasteiger partial charge >= 0.3 is 0 Å². The largest absolute Gasteiger partial charge is 0.497 e. The zero-order valence-corrected chi connectivity index (χ0v) is 17.7. The summed E-state index contributed by atoms with van der Waals surface area (Å²) in [4.78, 5) is 4.46. The van der Waals surface area contributed by atoms with E-state index in [1.165, 1.54) is 12.1 Å². The maximum Gasteiger partial charge on any atom is 0.238 e. The van der Waals surface area contributed by atoms with Crippen LogP contribution in [-0.4, -0.2) is 27.6 Å². The predicted octanol–water partition coefficient (Wildman–Crippen LogP) is 4.94. The average Bonchev–Trinajstić information content (AvgIpc) is 3.25. The molecule has 0 saturated carbocycles. The Kier molecular flexibility index (Phi) is 5.64. The lowest BCUT2D eigenvalue weighted by Gasteiger charge is -2.07. The van der Waals surface area contributed by atoms with Crippen LogP contribution in [0, 0.1) is 0 Å². The molecule has 0 radical (unpaired) electrons. The number of benzene rings is 3. The Morgan fingerprint density at radius 3 is 1.97 bits per heavy atom. The van der Waals surface area contributed by atoms with Gasteiger partial charge in [0.2, 0.25) is 26.6 Å². The second-order valence-corrected chi connectivity index (χ2v) is 8.42. The Labute approximate surface area is 180 Å². The quantitative estimate of drug-likeness (QED) is 0.439. The van der Waals surface area contributed by atoms with Gasteiger partial charge in [0.1, 0.15) is 11.5 Å². The number of nitrogens with zero attached hydrogens (tertiary/aromatic N) is 1. The maximum atomic E-state index is 13.3. The van der Waals surface area contributed by atoms with Crippen LogP contribution in [0.1, 0.15) is 0 Å². The van der Waals surface area contributed by atoms with E-state index in [-0.39, 0.29) is 21.7 Å². The maximum absolute atomic E-state index is 13.3. The van der Waals surface area contributed by atoms with Crippen molar-refractivity contribution in [1.29, 1.82) is 0 Å². The molecule has 0 aliphatic carbocycles. The van der Waals surface area contributed by atoms with Crippen molar-refractivity contribution in [1.82, 2.24) is 4.98 Å². The molecule has 1 heterocycles. The average molecular weight is 436 g/mol. The highest BCUT2D eigenvalue weighted by Gasteiger charge is 2.28. The molecule has 158 valence electrons. The molecule has 0 fully saturated rings. The van der Waals surface area contributed by atoms with Crippen molar-refractivity contribution < 1.29 is 22.3 Å². The van der Waals surface area contributed by atoms with Crippen molar-refractivity contribution in [2.24, 2.45) is 0 Å². The fraction of sp³-hybridized carbons (Fsp3) is 0.0870. The molecule has 0 aliphatic rings. The van der Waals surface area contributed by atoms with Crippen LogP contribution in [0.2, 0.25) is 0 Å². The highest BCUT2D eigenvalue weighted by atomic mass is 32.2. The number of aromatic nitrogens is 1. The number of sulfone groups is 1. The van der Waals surface area contributed by atoms with Gasteiger partial charge in [0.15, 0.2) is 0 Å². The second-order valence-electron chi connectivity index (χ2n) is 6.55. The van der Waals surface area contributed by atoms with E-state index < -0.39 is 9.84 Å². The van der Waals surface area contributed by atoms with E-state index >= 15 is 0 Å². The minimum Gasteiger partial charge on any atom is -0.497 e. The van der Waals surface area contributed by atoms with Crippen molar-refractivity contribution in [2.45, 2.75) is 9.92 Å². The van der Waals surface area contributed by atoms with Crippen LogP contribution in [0.3, 0.4) is 0 Å². The third kappa shape index (κ3) is 4.24. The fourth-order valence-electron chi connectivity index (χ4n) is 2.94. The van der Waals surface area contributed by atoms with Gasteiger partial charge in [-0.25, -0.2) is 8.42 Å². The zero-order valence-electron chi connectivity index (χ0n) is 16.9. The Hall–Kier alpha value is -3.78. The summed E-state index contributed by atoms with van der Waals surface area (Å²) in [5, 5.41) is 2.83. The van der Waals surface area contributed by atoms with Gasteiger partial charge in [0.25, 0.3) is 0 Å². The number of methoxy groups -OCH3 is 2. The molecule has 31 heavy (non-hydrogen) atoms. The van der Waals surface area contributed by atoms with Gasteiger partial charge < -0.3 is 19.2 Å². The van der Waals surface area contributed by atoms with E-state index in [1.807, 2.05) is 0 Å². The molecule has 0 unspecified atom stereocenters. The van der Waals surface area contributed by atoms with E-state index in [2.05, 4.69) is 10.3 Å². The summed E-state index contributed by atoms with van der Waals surface area (Å²) in [5.41, 5.74) is 1.25. The lowest BCUT2D eigenvalue weighted by Crippen LogP contribution is -2.05. The van der Waals surface area contributed by atoms with Crippen molar-refractivity contribution in [2.75, 3.05) is 19.5 Å². The number of hydrogen-bond acceptors (Lipinski definition) is 7. The second kappa shape index (κ2) is 8.53. The lowest BCUT2D eigenvalue weighted by atomic mass is 10.2. The van der Waals surface area contributed by atoms with Crippen LogP contribution in [-0.2, 0) is 9.84 Å². The third-order valence-electron chi connectivity index (χ3n) is 4.59. The first kappa shape index (κ1) is 20.5. The summed E-state index contributed by atoms with van der Waals surface area (Å²) in [6, 6.07) is 22.2. The molecule has 4 aromatic rings. The van der Waals surface area contributed by atoms with Crippen molar-refractivity contribution >= 4 is 21.4 Å². The first-order chi connectivity index (χ1) is 15.0. The molecule has 4 rings (SSSR count). The first-order valence-corrected chi connectivity index (χ1v) is 10.9. The molecule has 0 atom stereocenters. The van der Waals surface area contributed by atoms with Crippen molar-refractivity contribution in [3.05, 3.63) is 78.9 Å². The number of nitrogens with one attached hydrogen (secondary N) is 1. The molecule has 0 spiro atoms. The molecule has 7 nitrogen and oxygen atoms in total. The van der Waals surface area contributed by atoms with Gasteiger partial charge in [0, 0.05) is 11.3 Å². The van der Waals surface area contributed by atoms with E-state index in [0.717, 1.165) is 0 Å². The van der Waals surface area contributed by atoms with E-state index in [9.17, 15) is 8.42 Å². The van der Waals surface area contributed by atoms with E-state index in [1.54, 1.807) is 80.9 Å². The molecular formula is C23H20N2O5S. The summed E-state index contributed by atoms with van der Waals surface area (Å²) >= 11 is 0. The summed E-state index contributed by atoms with van der Waals surface area (Å²) in [6.45, 7) is 0. The fourth-order valence-corrected chi connectivity index (χ4v) is 4.22. The van der Waals surface area contributed by atoms with Crippen LogP contribution < -0.4 is 14.8 Å². The van der Waals surface area contributed by atoms with Gasteiger partial charge in [-0.15, -0.1) is 0 Å². The Balaban J connectivity index is 1.79. The Morgan fingerprint density at radius 1 is 0.806 bits per heavy atom. The summed E-state index contributed by atoms with van der Waals surface area (Å²) < 4.78 is 42.8. The lowest BCUT2D eigenvalue weighted by molar-refractivity contribution is 0.414. The molecule has 1 aromatic heterocycles. The van der Waals surface area contributed by atoms with Gasteiger partial charge in [-0.2, -0.15) is 4.98 Å². The Bertz CT molecular complexity index is 1270. The molecule has 0 aliphatic heterocycles. The molecule has 0 amide bonds. The van der Waals surface area contributed by atoms with E-state index in [0.29, 0.717) is 22.7 Å². The number of anilines is 2. The Morgan fingerprint density at radius 2 is 1.39 bits per heavy atom. The number of ether oxygens (including phenoxy) is 2. The number of oxazole rings is 1. The third-order valence-corrected chi connectivity index (χ3v) is 6.27. The highest BCUT2D eigenvalue weighted by molar-refractivity contribution is 7.91. The van der Waals surface area contributed by atoms with Crippen LogP contribution in [0.15, 0.2) is 93.2 Å². The number of hydrogen-bond donors (Lipinski definition) is 1. The number of rotatable bonds is 7. The summed E-state index contributed by atoms with van der Waals surface area (Å²) in [7, 11) is -0.774. The van der Waals surface area contributed by atoms with Crippen LogP contribution >= 0.6 is 0 Å². The SMILES string of the molecule is COc1ccc(Nc2oc(-c3ccc(OC)cc3)nc2S(=O)(=O)c2ccccc2)cc1. The van der Waals surface area contributed by atoms with E-state index in [4.69, 9.17) is 13.9 Å². The zero-order chi connectivity index (χ0) is 21.8. The van der Waals surface area contributed by atoms with Crippen LogP contribution in [0.25, 0.3) is 11.5 Å². The van der Waals surface area contributed by atoms with Gasteiger partial charge in [-0.1, -0.05) is 18.2 Å². The monoisotopic (exact) mass is 436 g/mol. The topological polar surface area (TPSA) is 90.7 Å². The molecular weight excluding hydrogens is 416 g/mol. The van der Waals surface area contributed by atoms with Crippen LogP contribution in [0.4, 0.5) is 11.6 Å². The van der Waals surface area contributed by atoms with Gasteiger partial charge in [0.05, 0.1) is 19.1 Å². The standard InChI is InChI=1S/C23H20N2O5S/c1-28-18-12-8-16(9-13-18)21-25-23(31(26,27)20-6-4-3-5-7-20)22(30-21)24-17-10-14-19(29-2)15-11-17/h3-15,24H,1-2H3. The van der Waals surface area contributed by atoms with Gasteiger partial charge in [-0.05, 0) is 60.7 Å². The summed E-state index contributed by atoms with van der Waals surface area (Å²) in [6.07, 6.45) is 0. The first-order valence-electron chi connectivity index (χ1n) is 9.38. The van der Waals surface area contributed by atoms with Crippen molar-refractivity contribution in [3.8, 4) is 23.0 Å². The smallest absolute Gasteiger partial charge is 0.238 e. The minimum absolute atomic E-state index is 0.0276. The van der Waals surface area contributed by atoms with Crippen molar-refractivity contribution in [3.63, 3.8) is 0 Å². The molecule has 1 N–H and O–H groups in total.